The average Bonchev–Trinajstić information content (AvgIpc) is 2.74. The molecule has 4 aromatic rings. The summed E-state index contributed by atoms with van der Waals surface area (Å²) in [7, 11) is 0. The van der Waals surface area contributed by atoms with E-state index in [2.05, 4.69) is 15.9 Å². The van der Waals surface area contributed by atoms with Crippen molar-refractivity contribution in [2.45, 2.75) is 0 Å². The van der Waals surface area contributed by atoms with Gasteiger partial charge in [-0.15, -0.1) is 0 Å². The molecular formula is C23H15BrN2O3. The highest BCUT2D eigenvalue weighted by atomic mass is 79.9. The molecular weight excluding hydrogens is 432 g/mol. The number of anilines is 2. The molecule has 0 aliphatic heterocycles. The lowest BCUT2D eigenvalue weighted by atomic mass is 10.1. The fourth-order valence-corrected chi connectivity index (χ4v) is 3.58. The van der Waals surface area contributed by atoms with Crippen LogP contribution >= 0.6 is 15.9 Å². The highest BCUT2D eigenvalue weighted by molar-refractivity contribution is 9.10. The summed E-state index contributed by atoms with van der Waals surface area (Å²) in [6, 6.07) is 27.3. The number of hydrogen-bond donors (Lipinski definition) is 0. The average molecular weight is 447 g/mol. The number of benzene rings is 4. The SMILES string of the molecule is O=C(c1ccc(Br)c([N+](=O)[O-])c1)N(c1ccccc1)c1ccc2ccccc2c1. The molecule has 0 bridgehead atoms. The van der Waals surface area contributed by atoms with E-state index in [-0.39, 0.29) is 17.2 Å². The van der Waals surface area contributed by atoms with Crippen LogP contribution in [0.4, 0.5) is 17.1 Å². The summed E-state index contributed by atoms with van der Waals surface area (Å²) in [5.41, 5.74) is 1.45. The van der Waals surface area contributed by atoms with Crippen LogP contribution in [0, 0.1) is 10.1 Å². The summed E-state index contributed by atoms with van der Waals surface area (Å²) in [4.78, 5) is 25.8. The number of nitro groups is 1. The molecule has 5 nitrogen and oxygen atoms in total. The number of fused-ring (bicyclic) bond motifs is 1. The molecule has 1 amide bonds. The molecule has 0 aliphatic rings. The van der Waals surface area contributed by atoms with Crippen molar-refractivity contribution >= 4 is 49.7 Å². The van der Waals surface area contributed by atoms with Gasteiger partial charge in [0, 0.05) is 23.0 Å². The standard InChI is InChI=1S/C23H15BrN2O3/c24-21-13-11-18(15-22(21)26(28)29)23(27)25(19-8-2-1-3-9-19)20-12-10-16-6-4-5-7-17(16)14-20/h1-15H. The zero-order valence-electron chi connectivity index (χ0n) is 15.2. The maximum Gasteiger partial charge on any atom is 0.284 e. The summed E-state index contributed by atoms with van der Waals surface area (Å²) in [6.07, 6.45) is 0. The van der Waals surface area contributed by atoms with Crippen molar-refractivity contribution < 1.29 is 9.72 Å². The molecule has 0 N–H and O–H groups in total. The van der Waals surface area contributed by atoms with Gasteiger partial charge in [-0.2, -0.15) is 0 Å². The van der Waals surface area contributed by atoms with Crippen LogP contribution in [-0.2, 0) is 0 Å². The second-order valence-electron chi connectivity index (χ2n) is 6.43. The van der Waals surface area contributed by atoms with Gasteiger partial charge in [-0.1, -0.05) is 48.5 Å². The van der Waals surface area contributed by atoms with E-state index in [1.54, 1.807) is 11.0 Å². The smallest absolute Gasteiger partial charge is 0.277 e. The summed E-state index contributed by atoms with van der Waals surface area (Å²) < 4.78 is 0.330. The van der Waals surface area contributed by atoms with E-state index >= 15 is 0 Å². The Morgan fingerprint density at radius 3 is 2.21 bits per heavy atom. The van der Waals surface area contributed by atoms with Gasteiger partial charge in [0.05, 0.1) is 9.40 Å². The van der Waals surface area contributed by atoms with E-state index in [4.69, 9.17) is 0 Å². The molecule has 4 aromatic carbocycles. The van der Waals surface area contributed by atoms with Crippen molar-refractivity contribution in [3.8, 4) is 0 Å². The fraction of sp³-hybridized carbons (Fsp3) is 0. The molecule has 0 fully saturated rings. The van der Waals surface area contributed by atoms with Gasteiger partial charge in [0.2, 0.25) is 0 Å². The predicted molar refractivity (Wildman–Crippen MR) is 118 cm³/mol. The second kappa shape index (κ2) is 7.85. The van der Waals surface area contributed by atoms with E-state index in [0.717, 1.165) is 10.8 Å². The molecule has 4 rings (SSSR count). The lowest BCUT2D eigenvalue weighted by Gasteiger charge is -2.23. The Morgan fingerprint density at radius 2 is 1.48 bits per heavy atom. The lowest BCUT2D eigenvalue weighted by Crippen LogP contribution is -2.26. The highest BCUT2D eigenvalue weighted by Crippen LogP contribution is 2.32. The molecule has 0 spiro atoms. The third kappa shape index (κ3) is 3.75. The van der Waals surface area contributed by atoms with Crippen molar-refractivity contribution in [1.29, 1.82) is 0 Å². The molecule has 142 valence electrons. The van der Waals surface area contributed by atoms with E-state index in [1.807, 2.05) is 72.8 Å². The molecule has 29 heavy (non-hydrogen) atoms. The minimum absolute atomic E-state index is 0.151. The number of rotatable bonds is 4. The maximum absolute atomic E-state index is 13.5. The molecule has 0 unspecified atom stereocenters. The topological polar surface area (TPSA) is 63.4 Å². The van der Waals surface area contributed by atoms with E-state index < -0.39 is 4.92 Å². The number of halogens is 1. The van der Waals surface area contributed by atoms with Crippen molar-refractivity contribution in [1.82, 2.24) is 0 Å². The van der Waals surface area contributed by atoms with Crippen LogP contribution < -0.4 is 4.90 Å². The normalized spacial score (nSPS) is 10.7. The van der Waals surface area contributed by atoms with Crippen molar-refractivity contribution in [3.63, 3.8) is 0 Å². The summed E-state index contributed by atoms with van der Waals surface area (Å²) in [5.74, 6) is -0.345. The molecule has 0 radical (unpaired) electrons. The van der Waals surface area contributed by atoms with E-state index in [0.29, 0.717) is 15.8 Å². The Balaban J connectivity index is 1.86. The first-order chi connectivity index (χ1) is 14.0. The zero-order valence-corrected chi connectivity index (χ0v) is 16.7. The Kier molecular flexibility index (Phi) is 5.10. The number of carbonyl (C=O) groups excluding carboxylic acids is 1. The van der Waals surface area contributed by atoms with Crippen molar-refractivity contribution in [3.05, 3.63) is 111 Å². The Labute approximate surface area is 175 Å². The molecule has 6 heteroatoms. The minimum atomic E-state index is -0.510. The Hall–Kier alpha value is -3.51. The first kappa shape index (κ1) is 18.8. The number of para-hydroxylation sites is 1. The summed E-state index contributed by atoms with van der Waals surface area (Å²) in [6.45, 7) is 0. The first-order valence-corrected chi connectivity index (χ1v) is 9.66. The van der Waals surface area contributed by atoms with Gasteiger partial charge in [0.15, 0.2) is 0 Å². The third-order valence-corrected chi connectivity index (χ3v) is 5.27. The van der Waals surface area contributed by atoms with Crippen LogP contribution in [0.1, 0.15) is 10.4 Å². The Morgan fingerprint density at radius 1 is 0.793 bits per heavy atom. The third-order valence-electron chi connectivity index (χ3n) is 4.60. The molecule has 0 atom stereocenters. The number of carbonyl (C=O) groups is 1. The van der Waals surface area contributed by atoms with Crippen LogP contribution in [0.2, 0.25) is 0 Å². The first-order valence-electron chi connectivity index (χ1n) is 8.87. The maximum atomic E-state index is 13.5. The molecule has 0 saturated heterocycles. The van der Waals surface area contributed by atoms with Crippen LogP contribution in [0.5, 0.6) is 0 Å². The van der Waals surface area contributed by atoms with E-state index in [9.17, 15) is 14.9 Å². The quantitative estimate of drug-likeness (QED) is 0.265. The zero-order chi connectivity index (χ0) is 20.4. The van der Waals surface area contributed by atoms with Crippen molar-refractivity contribution in [2.75, 3.05) is 4.90 Å². The van der Waals surface area contributed by atoms with Gasteiger partial charge in [-0.05, 0) is 63.1 Å². The van der Waals surface area contributed by atoms with Gasteiger partial charge in [0.25, 0.3) is 11.6 Å². The van der Waals surface area contributed by atoms with Gasteiger partial charge in [-0.25, -0.2) is 0 Å². The minimum Gasteiger partial charge on any atom is -0.277 e. The van der Waals surface area contributed by atoms with Crippen molar-refractivity contribution in [2.24, 2.45) is 0 Å². The van der Waals surface area contributed by atoms with Crippen LogP contribution in [0.25, 0.3) is 10.8 Å². The van der Waals surface area contributed by atoms with Gasteiger partial charge in [0.1, 0.15) is 0 Å². The fourth-order valence-electron chi connectivity index (χ4n) is 3.19. The van der Waals surface area contributed by atoms with Gasteiger partial charge in [-0.3, -0.25) is 19.8 Å². The molecule has 0 saturated carbocycles. The van der Waals surface area contributed by atoms with Crippen LogP contribution in [0.15, 0.2) is 95.5 Å². The summed E-state index contributed by atoms with van der Waals surface area (Å²) >= 11 is 3.17. The number of nitrogens with zero attached hydrogens (tertiary/aromatic N) is 2. The van der Waals surface area contributed by atoms with Gasteiger partial charge < -0.3 is 0 Å². The van der Waals surface area contributed by atoms with Crippen LogP contribution in [0.3, 0.4) is 0 Å². The van der Waals surface area contributed by atoms with Gasteiger partial charge >= 0.3 is 0 Å². The number of nitro benzene ring substituents is 1. The van der Waals surface area contributed by atoms with Crippen LogP contribution in [-0.4, -0.2) is 10.8 Å². The number of hydrogen-bond acceptors (Lipinski definition) is 3. The molecule has 0 aliphatic carbocycles. The number of amides is 1. The highest BCUT2D eigenvalue weighted by Gasteiger charge is 2.23. The lowest BCUT2D eigenvalue weighted by molar-refractivity contribution is -0.385. The second-order valence-corrected chi connectivity index (χ2v) is 7.29. The summed E-state index contributed by atoms with van der Waals surface area (Å²) in [5, 5.41) is 13.4. The largest absolute Gasteiger partial charge is 0.284 e. The molecule has 0 aromatic heterocycles. The van der Waals surface area contributed by atoms with E-state index in [1.165, 1.54) is 12.1 Å². The predicted octanol–water partition coefficient (Wildman–Crippen LogP) is 6.49. The molecule has 0 heterocycles. The Bertz CT molecular complexity index is 1230. The monoisotopic (exact) mass is 446 g/mol.